The highest BCUT2D eigenvalue weighted by Crippen LogP contribution is 2.19. The number of thioether (sulfide) groups is 1. The van der Waals surface area contributed by atoms with Crippen molar-refractivity contribution in [3.8, 4) is 0 Å². The lowest BCUT2D eigenvalue weighted by Crippen LogP contribution is -2.55. The van der Waals surface area contributed by atoms with Crippen LogP contribution in [-0.2, 0) is 30.4 Å². The number of rotatable bonds is 14. The second-order valence-corrected chi connectivity index (χ2v) is 8.84. The van der Waals surface area contributed by atoms with Crippen LogP contribution in [0.4, 0.5) is 0 Å². The molecule has 0 aliphatic rings. The van der Waals surface area contributed by atoms with Gasteiger partial charge in [-0.2, -0.15) is 11.8 Å². The Balaban J connectivity index is 2.14. The largest absolute Gasteiger partial charge is 0.480 e. The fraction of sp³-hybridized carbons (Fsp3) is 0.409. The smallest absolute Gasteiger partial charge is 0.326 e. The lowest BCUT2D eigenvalue weighted by molar-refractivity contribution is -0.143. The number of hydrogen-bond donors (Lipinski definition) is 7. The molecule has 0 saturated carbocycles. The third-order valence-electron chi connectivity index (χ3n) is 5.16. The first-order valence-electron chi connectivity index (χ1n) is 10.8. The first-order chi connectivity index (χ1) is 16.6. The summed E-state index contributed by atoms with van der Waals surface area (Å²) < 4.78 is 0. The second-order valence-electron chi connectivity index (χ2n) is 7.86. The van der Waals surface area contributed by atoms with Crippen LogP contribution >= 0.6 is 11.8 Å². The van der Waals surface area contributed by atoms with Crippen LogP contribution in [0.2, 0.25) is 0 Å². The van der Waals surface area contributed by atoms with Crippen LogP contribution in [0.1, 0.15) is 18.4 Å². The number of fused-ring (bicyclic) bond motifs is 1. The van der Waals surface area contributed by atoms with Crippen LogP contribution in [0.25, 0.3) is 10.9 Å². The minimum atomic E-state index is -1.56. The maximum Gasteiger partial charge on any atom is 0.326 e. The zero-order chi connectivity index (χ0) is 26.0. The summed E-state index contributed by atoms with van der Waals surface area (Å²) in [5.74, 6) is -3.66. The van der Waals surface area contributed by atoms with Gasteiger partial charge in [0.15, 0.2) is 0 Å². The van der Waals surface area contributed by atoms with Gasteiger partial charge in [-0.05, 0) is 30.1 Å². The highest BCUT2D eigenvalue weighted by Gasteiger charge is 2.28. The molecule has 190 valence electrons. The molecule has 9 N–H and O–H groups in total. The Morgan fingerprint density at radius 2 is 1.80 bits per heavy atom. The Kier molecular flexibility index (Phi) is 10.5. The summed E-state index contributed by atoms with van der Waals surface area (Å²) in [6.45, 7) is -0.424. The van der Waals surface area contributed by atoms with Gasteiger partial charge in [-0.1, -0.05) is 18.2 Å². The molecule has 1 aromatic carbocycles. The van der Waals surface area contributed by atoms with E-state index >= 15 is 0 Å². The number of amides is 4. The average Bonchev–Trinajstić information content (AvgIpc) is 3.22. The normalized spacial score (nSPS) is 13.4. The number of nitrogens with two attached hydrogens (primary N) is 2. The van der Waals surface area contributed by atoms with E-state index in [9.17, 15) is 29.1 Å². The third kappa shape index (κ3) is 8.61. The molecule has 35 heavy (non-hydrogen) atoms. The second kappa shape index (κ2) is 13.3. The van der Waals surface area contributed by atoms with Gasteiger partial charge in [0.25, 0.3) is 0 Å². The van der Waals surface area contributed by atoms with Gasteiger partial charge in [-0.3, -0.25) is 19.2 Å². The SMILES string of the molecule is CSCCC(N)C(=O)NCC(=O)NC(Cc1c[nH]c2ccccc12)C(=O)NC(CC(N)=O)C(=O)O. The van der Waals surface area contributed by atoms with Gasteiger partial charge in [-0.25, -0.2) is 4.79 Å². The highest BCUT2D eigenvalue weighted by atomic mass is 32.2. The molecule has 1 aromatic heterocycles. The topological polar surface area (TPSA) is 209 Å². The van der Waals surface area contributed by atoms with Gasteiger partial charge < -0.3 is 37.5 Å². The molecule has 1 heterocycles. The number of aliphatic carboxylic acids is 1. The van der Waals surface area contributed by atoms with Crippen molar-refractivity contribution >= 4 is 52.3 Å². The molecule has 2 aromatic rings. The fourth-order valence-corrected chi connectivity index (χ4v) is 3.81. The molecule has 0 spiro atoms. The number of primary amides is 1. The number of nitrogens with one attached hydrogen (secondary N) is 4. The minimum Gasteiger partial charge on any atom is -0.480 e. The van der Waals surface area contributed by atoms with Crippen molar-refractivity contribution in [1.82, 2.24) is 20.9 Å². The van der Waals surface area contributed by atoms with E-state index in [0.717, 1.165) is 10.9 Å². The number of carbonyl (C=O) groups excluding carboxylic acids is 4. The van der Waals surface area contributed by atoms with E-state index in [1.807, 2.05) is 30.5 Å². The fourth-order valence-electron chi connectivity index (χ4n) is 3.32. The predicted molar refractivity (Wildman–Crippen MR) is 131 cm³/mol. The summed E-state index contributed by atoms with van der Waals surface area (Å²) >= 11 is 1.54. The van der Waals surface area contributed by atoms with Gasteiger partial charge in [0.1, 0.15) is 12.1 Å². The van der Waals surface area contributed by atoms with Crippen LogP contribution in [0, 0.1) is 0 Å². The number of aromatic nitrogens is 1. The number of carbonyl (C=O) groups is 5. The number of H-pyrrole nitrogens is 1. The summed E-state index contributed by atoms with van der Waals surface area (Å²) in [4.78, 5) is 63.3. The number of carboxylic acids is 1. The van der Waals surface area contributed by atoms with Crippen molar-refractivity contribution in [3.63, 3.8) is 0 Å². The molecule has 0 bridgehead atoms. The lowest BCUT2D eigenvalue weighted by atomic mass is 10.0. The number of aromatic amines is 1. The molecule has 12 nitrogen and oxygen atoms in total. The summed E-state index contributed by atoms with van der Waals surface area (Å²) in [5, 5.41) is 17.3. The van der Waals surface area contributed by atoms with Crippen LogP contribution < -0.4 is 27.4 Å². The molecule has 13 heteroatoms. The highest BCUT2D eigenvalue weighted by molar-refractivity contribution is 7.98. The Morgan fingerprint density at radius 3 is 2.46 bits per heavy atom. The minimum absolute atomic E-state index is 0.0195. The van der Waals surface area contributed by atoms with Gasteiger partial charge in [0.05, 0.1) is 19.0 Å². The van der Waals surface area contributed by atoms with E-state index < -0.39 is 60.7 Å². The molecule has 0 saturated heterocycles. The molecule has 2 rings (SSSR count). The van der Waals surface area contributed by atoms with Gasteiger partial charge >= 0.3 is 5.97 Å². The van der Waals surface area contributed by atoms with Crippen molar-refractivity contribution in [2.24, 2.45) is 11.5 Å². The molecular weight excluding hydrogens is 476 g/mol. The maximum absolute atomic E-state index is 12.9. The third-order valence-corrected chi connectivity index (χ3v) is 5.81. The molecule has 0 fully saturated rings. The summed E-state index contributed by atoms with van der Waals surface area (Å²) in [7, 11) is 0. The van der Waals surface area contributed by atoms with Gasteiger partial charge in [-0.15, -0.1) is 0 Å². The van der Waals surface area contributed by atoms with Crippen LogP contribution in [-0.4, -0.2) is 76.4 Å². The standard InChI is InChI=1S/C22H30N6O6S/c1-35-7-6-14(23)20(31)26-11-19(30)27-16(21(32)28-17(22(33)34)9-18(24)29)8-12-10-25-15-5-3-2-4-13(12)15/h2-5,10,14,16-17,25H,6-9,11,23H2,1H3,(H2,24,29)(H,26,31)(H,27,30)(H,28,32)(H,33,34). The summed E-state index contributed by atoms with van der Waals surface area (Å²) in [5.41, 5.74) is 12.4. The quantitative estimate of drug-likeness (QED) is 0.166. The molecule has 0 aliphatic carbocycles. The van der Waals surface area contributed by atoms with Crippen molar-refractivity contribution < 1.29 is 29.1 Å². The molecule has 0 aliphatic heterocycles. The van der Waals surface area contributed by atoms with E-state index in [2.05, 4.69) is 20.9 Å². The number of benzene rings is 1. The van der Waals surface area contributed by atoms with E-state index in [-0.39, 0.29) is 6.42 Å². The van der Waals surface area contributed by atoms with Gasteiger partial charge in [0, 0.05) is 23.5 Å². The summed E-state index contributed by atoms with van der Waals surface area (Å²) in [6.07, 6.45) is 3.41. The first kappa shape index (κ1) is 27.7. The summed E-state index contributed by atoms with van der Waals surface area (Å²) in [6, 6.07) is 3.80. The van der Waals surface area contributed by atoms with Gasteiger partial charge in [0.2, 0.25) is 23.6 Å². The van der Waals surface area contributed by atoms with E-state index in [1.54, 1.807) is 6.20 Å². The van der Waals surface area contributed by atoms with E-state index in [1.165, 1.54) is 11.8 Å². The monoisotopic (exact) mass is 506 g/mol. The molecule has 0 radical (unpaired) electrons. The van der Waals surface area contributed by atoms with E-state index in [4.69, 9.17) is 11.5 Å². The van der Waals surface area contributed by atoms with Crippen LogP contribution in [0.15, 0.2) is 30.5 Å². The van der Waals surface area contributed by atoms with E-state index in [0.29, 0.717) is 17.7 Å². The molecule has 3 unspecified atom stereocenters. The van der Waals surface area contributed by atoms with Crippen LogP contribution in [0.3, 0.4) is 0 Å². The zero-order valence-electron chi connectivity index (χ0n) is 19.2. The first-order valence-corrected chi connectivity index (χ1v) is 12.2. The van der Waals surface area contributed by atoms with Crippen molar-refractivity contribution in [3.05, 3.63) is 36.0 Å². The Bertz CT molecular complexity index is 1070. The lowest BCUT2D eigenvalue weighted by Gasteiger charge is -2.21. The molecule has 3 atom stereocenters. The van der Waals surface area contributed by atoms with Crippen molar-refractivity contribution in [2.45, 2.75) is 37.4 Å². The van der Waals surface area contributed by atoms with Crippen molar-refractivity contribution in [1.29, 1.82) is 0 Å². The maximum atomic E-state index is 12.9. The molecular formula is C22H30N6O6S. The average molecular weight is 507 g/mol. The Morgan fingerprint density at radius 1 is 1.09 bits per heavy atom. The Hall–Kier alpha value is -3.58. The number of hydrogen-bond acceptors (Lipinski definition) is 7. The van der Waals surface area contributed by atoms with Crippen molar-refractivity contribution in [2.75, 3.05) is 18.6 Å². The van der Waals surface area contributed by atoms with Crippen LogP contribution in [0.5, 0.6) is 0 Å². The predicted octanol–water partition coefficient (Wildman–Crippen LogP) is -1.16. The number of para-hydroxylation sites is 1. The number of carboxylic acid groups (broad SMARTS) is 1. The Labute approximate surface area is 205 Å². The molecule has 4 amide bonds. The zero-order valence-corrected chi connectivity index (χ0v) is 20.0.